The van der Waals surface area contributed by atoms with E-state index in [-0.39, 0.29) is 24.8 Å². The first-order valence-electron chi connectivity index (χ1n) is 8.48. The molecule has 0 bridgehead atoms. The predicted molar refractivity (Wildman–Crippen MR) is 98.3 cm³/mol. The molecular formula is C21H19FO5. The second-order valence-corrected chi connectivity index (χ2v) is 6.16. The molecular weight excluding hydrogens is 351 g/mol. The van der Waals surface area contributed by atoms with Crippen LogP contribution in [0.5, 0.6) is 5.75 Å². The Hall–Kier alpha value is -3.15. The van der Waals surface area contributed by atoms with Crippen molar-refractivity contribution in [3.8, 4) is 5.75 Å². The lowest BCUT2D eigenvalue weighted by atomic mass is 10.0. The van der Waals surface area contributed by atoms with E-state index in [0.717, 1.165) is 16.5 Å². The Morgan fingerprint density at radius 1 is 1.15 bits per heavy atom. The number of carbonyl (C=O) groups excluding carboxylic acids is 1. The van der Waals surface area contributed by atoms with Gasteiger partial charge in [-0.15, -0.1) is 0 Å². The molecule has 0 aliphatic carbocycles. The first kappa shape index (κ1) is 18.6. The lowest BCUT2D eigenvalue weighted by molar-refractivity contribution is -0.140. The molecule has 3 rings (SSSR count). The van der Waals surface area contributed by atoms with Crippen LogP contribution in [0.3, 0.4) is 0 Å². The third kappa shape index (κ3) is 4.34. The van der Waals surface area contributed by atoms with E-state index in [0.29, 0.717) is 23.3 Å². The van der Waals surface area contributed by atoms with Crippen molar-refractivity contribution in [2.45, 2.75) is 26.4 Å². The van der Waals surface area contributed by atoms with Crippen molar-refractivity contribution < 1.29 is 23.1 Å². The monoisotopic (exact) mass is 370 g/mol. The van der Waals surface area contributed by atoms with Crippen LogP contribution >= 0.6 is 0 Å². The smallest absolute Gasteiger partial charge is 0.336 e. The van der Waals surface area contributed by atoms with Crippen molar-refractivity contribution in [1.29, 1.82) is 0 Å². The molecule has 0 N–H and O–H groups in total. The maximum atomic E-state index is 13.9. The van der Waals surface area contributed by atoms with Gasteiger partial charge in [-0.2, -0.15) is 0 Å². The van der Waals surface area contributed by atoms with Crippen molar-refractivity contribution in [1.82, 2.24) is 0 Å². The molecule has 0 atom stereocenters. The van der Waals surface area contributed by atoms with Crippen LogP contribution < -0.4 is 10.4 Å². The molecule has 0 radical (unpaired) electrons. The van der Waals surface area contributed by atoms with Crippen LogP contribution in [0.4, 0.5) is 4.39 Å². The number of benzene rings is 2. The standard InChI is InChI=1S/C21H19FO5/c1-13-9-21(24)27-19-11-18(26-12-15-5-3-4-6-17(15)22)14(10-16(13)19)7-8-20(23)25-2/h3-6,9-11H,7-8,12H2,1-2H3. The number of fused-ring (bicyclic) bond motifs is 1. The van der Waals surface area contributed by atoms with Crippen molar-refractivity contribution >= 4 is 16.9 Å². The molecule has 2 aromatic carbocycles. The van der Waals surface area contributed by atoms with Gasteiger partial charge in [0.25, 0.3) is 0 Å². The molecule has 140 valence electrons. The minimum atomic E-state index is -0.456. The summed E-state index contributed by atoms with van der Waals surface area (Å²) in [6.07, 6.45) is 0.557. The van der Waals surface area contributed by atoms with E-state index in [4.69, 9.17) is 13.9 Å². The summed E-state index contributed by atoms with van der Waals surface area (Å²) in [5.41, 5.74) is 1.84. The quantitative estimate of drug-likeness (QED) is 0.486. The fourth-order valence-electron chi connectivity index (χ4n) is 2.83. The molecule has 5 nitrogen and oxygen atoms in total. The maximum absolute atomic E-state index is 13.9. The molecule has 6 heteroatoms. The van der Waals surface area contributed by atoms with E-state index >= 15 is 0 Å². The third-order valence-electron chi connectivity index (χ3n) is 4.30. The highest BCUT2D eigenvalue weighted by Crippen LogP contribution is 2.29. The Labute approximate surface area is 155 Å². The largest absolute Gasteiger partial charge is 0.488 e. The summed E-state index contributed by atoms with van der Waals surface area (Å²) in [5.74, 6) is -0.272. The molecule has 0 unspecified atom stereocenters. The molecule has 0 spiro atoms. The summed E-state index contributed by atoms with van der Waals surface area (Å²) in [4.78, 5) is 23.2. The van der Waals surface area contributed by atoms with Crippen LogP contribution in [0.2, 0.25) is 0 Å². The van der Waals surface area contributed by atoms with Crippen molar-refractivity contribution in [2.24, 2.45) is 0 Å². The molecule has 0 aliphatic rings. The predicted octanol–water partition coefficient (Wildman–Crippen LogP) is 3.93. The Kier molecular flexibility index (Phi) is 5.54. The molecule has 0 aliphatic heterocycles. The van der Waals surface area contributed by atoms with E-state index in [1.54, 1.807) is 24.3 Å². The zero-order valence-corrected chi connectivity index (χ0v) is 15.1. The maximum Gasteiger partial charge on any atom is 0.336 e. The molecule has 0 amide bonds. The zero-order chi connectivity index (χ0) is 19.4. The van der Waals surface area contributed by atoms with E-state index < -0.39 is 5.63 Å². The van der Waals surface area contributed by atoms with Crippen LogP contribution in [0.15, 0.2) is 51.7 Å². The van der Waals surface area contributed by atoms with Crippen LogP contribution in [0.1, 0.15) is 23.1 Å². The summed E-state index contributed by atoms with van der Waals surface area (Å²) in [6.45, 7) is 1.82. The van der Waals surface area contributed by atoms with Crippen LogP contribution in [0, 0.1) is 12.7 Å². The minimum Gasteiger partial charge on any atom is -0.488 e. The Morgan fingerprint density at radius 3 is 2.67 bits per heavy atom. The molecule has 0 fully saturated rings. The van der Waals surface area contributed by atoms with E-state index in [1.165, 1.54) is 19.2 Å². The zero-order valence-electron chi connectivity index (χ0n) is 15.1. The van der Waals surface area contributed by atoms with Crippen molar-refractivity contribution in [3.05, 3.63) is 75.4 Å². The SMILES string of the molecule is COC(=O)CCc1cc2c(C)cc(=O)oc2cc1OCc1ccccc1F. The second kappa shape index (κ2) is 8.03. The van der Waals surface area contributed by atoms with Gasteiger partial charge in [-0.25, -0.2) is 9.18 Å². The number of rotatable bonds is 6. The molecule has 0 saturated carbocycles. The average molecular weight is 370 g/mol. The summed E-state index contributed by atoms with van der Waals surface area (Å²) in [6, 6.07) is 11.2. The minimum absolute atomic E-state index is 0.0133. The lowest BCUT2D eigenvalue weighted by Crippen LogP contribution is -2.06. The van der Waals surface area contributed by atoms with Crippen molar-refractivity contribution in [2.75, 3.05) is 7.11 Å². The summed E-state index contributed by atoms with van der Waals surface area (Å²) in [7, 11) is 1.33. The topological polar surface area (TPSA) is 65.7 Å². The molecule has 0 saturated heterocycles. The summed E-state index contributed by atoms with van der Waals surface area (Å²) < 4.78 is 29.6. The highest BCUT2D eigenvalue weighted by Gasteiger charge is 2.13. The number of methoxy groups -OCH3 is 1. The normalized spacial score (nSPS) is 10.8. The fraction of sp³-hybridized carbons (Fsp3) is 0.238. The second-order valence-electron chi connectivity index (χ2n) is 6.16. The lowest BCUT2D eigenvalue weighted by Gasteiger charge is -2.13. The van der Waals surface area contributed by atoms with Crippen molar-refractivity contribution in [3.63, 3.8) is 0 Å². The highest BCUT2D eigenvalue weighted by atomic mass is 19.1. The van der Waals surface area contributed by atoms with Gasteiger partial charge in [0.1, 0.15) is 23.8 Å². The number of esters is 1. The molecule has 1 aromatic heterocycles. The highest BCUT2D eigenvalue weighted by molar-refractivity contribution is 5.83. The summed E-state index contributed by atoms with van der Waals surface area (Å²) >= 11 is 0. The Bertz CT molecular complexity index is 1040. The van der Waals surface area contributed by atoms with Gasteiger partial charge < -0.3 is 13.9 Å². The van der Waals surface area contributed by atoms with Gasteiger partial charge in [-0.3, -0.25) is 4.79 Å². The Balaban J connectivity index is 1.97. The van der Waals surface area contributed by atoms with Gasteiger partial charge in [0.15, 0.2) is 0 Å². The molecule has 1 heterocycles. The first-order valence-corrected chi connectivity index (χ1v) is 8.48. The van der Waals surface area contributed by atoms with Gasteiger partial charge in [0, 0.05) is 29.5 Å². The molecule has 3 aromatic rings. The number of ether oxygens (including phenoxy) is 2. The van der Waals surface area contributed by atoms with Crippen LogP contribution in [-0.2, 0) is 22.6 Å². The van der Waals surface area contributed by atoms with Crippen LogP contribution in [-0.4, -0.2) is 13.1 Å². The fourth-order valence-corrected chi connectivity index (χ4v) is 2.83. The van der Waals surface area contributed by atoms with Gasteiger partial charge in [0.05, 0.1) is 7.11 Å². The van der Waals surface area contributed by atoms with E-state index in [9.17, 15) is 14.0 Å². The Morgan fingerprint density at radius 2 is 1.93 bits per heavy atom. The van der Waals surface area contributed by atoms with Gasteiger partial charge in [-0.05, 0) is 36.6 Å². The number of carbonyl (C=O) groups is 1. The number of aryl methyl sites for hydroxylation is 2. The summed E-state index contributed by atoms with van der Waals surface area (Å²) in [5, 5.41) is 0.757. The first-order chi connectivity index (χ1) is 13.0. The number of hydrogen-bond donors (Lipinski definition) is 0. The van der Waals surface area contributed by atoms with E-state index in [2.05, 4.69) is 0 Å². The number of halogens is 1. The van der Waals surface area contributed by atoms with Gasteiger partial charge >= 0.3 is 11.6 Å². The van der Waals surface area contributed by atoms with Gasteiger partial charge in [-0.1, -0.05) is 18.2 Å². The number of hydrogen-bond acceptors (Lipinski definition) is 5. The van der Waals surface area contributed by atoms with Crippen LogP contribution in [0.25, 0.3) is 11.0 Å². The van der Waals surface area contributed by atoms with Gasteiger partial charge in [0.2, 0.25) is 0 Å². The molecule has 27 heavy (non-hydrogen) atoms. The average Bonchev–Trinajstić information content (AvgIpc) is 2.65. The van der Waals surface area contributed by atoms with E-state index in [1.807, 2.05) is 13.0 Å². The third-order valence-corrected chi connectivity index (χ3v) is 4.30.